The minimum atomic E-state index is -0.112. The lowest BCUT2D eigenvalue weighted by atomic mass is 9.81. The van der Waals surface area contributed by atoms with Gasteiger partial charge in [-0.25, -0.2) is 9.67 Å². The number of amides is 1. The van der Waals surface area contributed by atoms with Crippen molar-refractivity contribution in [3.63, 3.8) is 0 Å². The van der Waals surface area contributed by atoms with Gasteiger partial charge in [0.1, 0.15) is 11.3 Å². The molecule has 1 fully saturated rings. The van der Waals surface area contributed by atoms with E-state index in [0.717, 1.165) is 25.7 Å². The van der Waals surface area contributed by atoms with E-state index in [1.165, 1.54) is 10.9 Å². The maximum Gasteiger partial charge on any atom is 0.277 e. The second-order valence-electron chi connectivity index (χ2n) is 7.16. The van der Waals surface area contributed by atoms with Gasteiger partial charge in [-0.1, -0.05) is 28.9 Å². The number of aromatic nitrogens is 4. The second kappa shape index (κ2) is 8.06. The van der Waals surface area contributed by atoms with E-state index in [1.54, 1.807) is 24.3 Å². The van der Waals surface area contributed by atoms with Crippen LogP contribution in [0.4, 0.5) is 5.82 Å². The average molecular weight is 398 g/mol. The third-order valence-corrected chi connectivity index (χ3v) is 5.48. The van der Waals surface area contributed by atoms with Gasteiger partial charge in [0.05, 0.1) is 10.4 Å². The maximum absolute atomic E-state index is 12.6. The second-order valence-corrected chi connectivity index (χ2v) is 7.60. The zero-order valence-electron chi connectivity index (χ0n) is 15.2. The number of pyridine rings is 1. The Morgan fingerprint density at radius 3 is 2.68 bits per heavy atom. The fourth-order valence-electron chi connectivity index (χ4n) is 3.67. The fourth-order valence-corrected chi connectivity index (χ4v) is 3.78. The summed E-state index contributed by atoms with van der Waals surface area (Å²) in [6, 6.07) is 10.6. The number of hydrogen-bond acceptors (Lipinski definition) is 5. The van der Waals surface area contributed by atoms with E-state index in [0.29, 0.717) is 34.2 Å². The number of anilines is 1. The number of carbonyl (C=O) groups excluding carboxylic acids is 1. The Morgan fingerprint density at radius 1 is 1.14 bits per heavy atom. The van der Waals surface area contributed by atoms with E-state index in [2.05, 4.69) is 20.6 Å². The predicted molar refractivity (Wildman–Crippen MR) is 107 cm³/mol. The molecule has 0 spiro atoms. The monoisotopic (exact) mass is 397 g/mol. The van der Waals surface area contributed by atoms with Crippen LogP contribution in [0.2, 0.25) is 5.02 Å². The fraction of sp³-hybridized carbons (Fsp3) is 0.350. The Balaban J connectivity index is 1.35. The van der Waals surface area contributed by atoms with Crippen LogP contribution in [0, 0.1) is 11.8 Å². The number of benzene rings is 1. The van der Waals surface area contributed by atoms with Crippen LogP contribution in [0.3, 0.4) is 0 Å². The summed E-state index contributed by atoms with van der Waals surface area (Å²) in [5, 5.41) is 12.2. The van der Waals surface area contributed by atoms with E-state index in [4.69, 9.17) is 11.6 Å². The molecule has 1 aliphatic rings. The molecule has 0 aliphatic heterocycles. The first kappa shape index (κ1) is 18.6. The molecular formula is C20H20ClN5O2. The average Bonchev–Trinajstić information content (AvgIpc) is 2.72. The maximum atomic E-state index is 12.6. The van der Waals surface area contributed by atoms with Gasteiger partial charge in [0.15, 0.2) is 0 Å². The van der Waals surface area contributed by atoms with Crippen molar-refractivity contribution in [1.82, 2.24) is 20.0 Å². The molecule has 2 aromatic heterocycles. The predicted octanol–water partition coefficient (Wildman–Crippen LogP) is 3.29. The number of carbonyl (C=O) groups is 1. The van der Waals surface area contributed by atoms with Crippen LogP contribution in [-0.2, 0) is 11.3 Å². The molecule has 7 nitrogen and oxygen atoms in total. The van der Waals surface area contributed by atoms with Crippen molar-refractivity contribution < 1.29 is 4.79 Å². The number of nitrogens with one attached hydrogen (secondary N) is 1. The van der Waals surface area contributed by atoms with Gasteiger partial charge >= 0.3 is 0 Å². The lowest BCUT2D eigenvalue weighted by molar-refractivity contribution is -0.121. The molecule has 0 saturated heterocycles. The number of halogens is 1. The highest BCUT2D eigenvalue weighted by atomic mass is 35.5. The minimum absolute atomic E-state index is 0.0177. The van der Waals surface area contributed by atoms with Crippen molar-refractivity contribution in [2.75, 3.05) is 5.32 Å². The number of hydrogen-bond donors (Lipinski definition) is 1. The molecule has 0 bridgehead atoms. The van der Waals surface area contributed by atoms with Crippen molar-refractivity contribution in [2.24, 2.45) is 11.8 Å². The Hall–Kier alpha value is -2.80. The smallest absolute Gasteiger partial charge is 0.277 e. The Labute approximate surface area is 166 Å². The zero-order valence-corrected chi connectivity index (χ0v) is 16.0. The number of nitrogens with zero attached hydrogens (tertiary/aromatic N) is 4. The van der Waals surface area contributed by atoms with Gasteiger partial charge in [-0.05, 0) is 55.9 Å². The third-order valence-electron chi connectivity index (χ3n) is 5.26. The summed E-state index contributed by atoms with van der Waals surface area (Å²) >= 11 is 5.81. The molecule has 0 atom stereocenters. The molecule has 1 saturated carbocycles. The summed E-state index contributed by atoms with van der Waals surface area (Å²) in [6.45, 7) is 0.531. The van der Waals surface area contributed by atoms with Gasteiger partial charge in [-0.2, -0.15) is 0 Å². The van der Waals surface area contributed by atoms with Crippen molar-refractivity contribution in [3.8, 4) is 0 Å². The van der Waals surface area contributed by atoms with Crippen molar-refractivity contribution in [2.45, 2.75) is 32.2 Å². The summed E-state index contributed by atoms with van der Waals surface area (Å²) in [4.78, 5) is 29.1. The van der Waals surface area contributed by atoms with Gasteiger partial charge in [0.2, 0.25) is 5.91 Å². The highest BCUT2D eigenvalue weighted by Crippen LogP contribution is 2.30. The molecule has 0 unspecified atom stereocenters. The largest absolute Gasteiger partial charge is 0.310 e. The summed E-state index contributed by atoms with van der Waals surface area (Å²) in [6.07, 6.45) is 4.80. The standard InChI is InChI=1S/C20H20ClN5O2/c21-15-9-10-18(22-11-15)23-19(27)14-7-5-13(6-8-14)12-26-20(28)16-3-1-2-4-17(16)24-25-26/h1-4,9-11,13-14H,5-8,12H2,(H,22,23,27). The molecule has 0 radical (unpaired) electrons. The molecule has 1 amide bonds. The van der Waals surface area contributed by atoms with Gasteiger partial charge in [-0.3, -0.25) is 9.59 Å². The molecule has 2 heterocycles. The topological polar surface area (TPSA) is 89.8 Å². The van der Waals surface area contributed by atoms with E-state index >= 15 is 0 Å². The number of rotatable bonds is 4. The van der Waals surface area contributed by atoms with Gasteiger partial charge in [0.25, 0.3) is 5.56 Å². The lowest BCUT2D eigenvalue weighted by Crippen LogP contribution is -2.32. The van der Waals surface area contributed by atoms with E-state index in [-0.39, 0.29) is 17.4 Å². The molecule has 3 aromatic rings. The van der Waals surface area contributed by atoms with Gasteiger partial charge in [0, 0.05) is 18.7 Å². The molecule has 1 N–H and O–H groups in total. The van der Waals surface area contributed by atoms with Crippen LogP contribution in [0.15, 0.2) is 47.4 Å². The van der Waals surface area contributed by atoms with Gasteiger partial charge in [-0.15, -0.1) is 5.10 Å². The summed E-state index contributed by atoms with van der Waals surface area (Å²) < 4.78 is 1.45. The quantitative estimate of drug-likeness (QED) is 0.729. The van der Waals surface area contributed by atoms with Crippen LogP contribution >= 0.6 is 11.6 Å². The Bertz CT molecular complexity index is 1040. The zero-order chi connectivity index (χ0) is 19.5. The van der Waals surface area contributed by atoms with Crippen LogP contribution in [0.25, 0.3) is 10.9 Å². The molecule has 1 aliphatic carbocycles. The molecule has 144 valence electrons. The number of fused-ring (bicyclic) bond motifs is 1. The first-order chi connectivity index (χ1) is 13.6. The lowest BCUT2D eigenvalue weighted by Gasteiger charge is -2.27. The molecule has 8 heteroatoms. The van der Waals surface area contributed by atoms with Crippen molar-refractivity contribution in [1.29, 1.82) is 0 Å². The summed E-state index contributed by atoms with van der Waals surface area (Å²) in [7, 11) is 0. The molecule has 1 aromatic carbocycles. The SMILES string of the molecule is O=C(Nc1ccc(Cl)cn1)C1CCC(Cn2nnc3ccccc3c2=O)CC1. The highest BCUT2D eigenvalue weighted by Gasteiger charge is 2.27. The van der Waals surface area contributed by atoms with Crippen LogP contribution in [0.5, 0.6) is 0 Å². The highest BCUT2D eigenvalue weighted by molar-refractivity contribution is 6.30. The summed E-state index contributed by atoms with van der Waals surface area (Å²) in [5.41, 5.74) is 0.499. The molecular weight excluding hydrogens is 378 g/mol. The van der Waals surface area contributed by atoms with E-state index in [9.17, 15) is 9.59 Å². The van der Waals surface area contributed by atoms with E-state index < -0.39 is 0 Å². The third kappa shape index (κ3) is 4.04. The Morgan fingerprint density at radius 2 is 1.93 bits per heavy atom. The van der Waals surface area contributed by atoms with E-state index in [1.807, 2.05) is 12.1 Å². The van der Waals surface area contributed by atoms with Crippen molar-refractivity contribution in [3.05, 3.63) is 58.0 Å². The van der Waals surface area contributed by atoms with Crippen LogP contribution in [0.1, 0.15) is 25.7 Å². The van der Waals surface area contributed by atoms with Crippen LogP contribution in [-0.4, -0.2) is 25.9 Å². The minimum Gasteiger partial charge on any atom is -0.310 e. The molecule has 28 heavy (non-hydrogen) atoms. The summed E-state index contributed by atoms with van der Waals surface area (Å²) in [5.74, 6) is 0.754. The first-order valence-electron chi connectivity index (χ1n) is 9.35. The van der Waals surface area contributed by atoms with Gasteiger partial charge < -0.3 is 5.32 Å². The first-order valence-corrected chi connectivity index (χ1v) is 9.73. The molecule has 4 rings (SSSR count). The normalized spacial score (nSPS) is 19.5. The van der Waals surface area contributed by atoms with Crippen LogP contribution < -0.4 is 10.9 Å². The Kier molecular flexibility index (Phi) is 5.34. The van der Waals surface area contributed by atoms with Crippen molar-refractivity contribution >= 4 is 34.2 Å².